The van der Waals surface area contributed by atoms with Gasteiger partial charge in [0.15, 0.2) is 11.6 Å². The molecule has 2 heterocycles. The van der Waals surface area contributed by atoms with E-state index < -0.39 is 18.9 Å². The van der Waals surface area contributed by atoms with Crippen LogP contribution in [0.3, 0.4) is 0 Å². The summed E-state index contributed by atoms with van der Waals surface area (Å²) in [4.78, 5) is 25.0. The fraction of sp³-hybridized carbons (Fsp3) is 0. The molecule has 3 N–H and O–H groups in total. The van der Waals surface area contributed by atoms with E-state index in [4.69, 9.17) is 14.2 Å². The van der Waals surface area contributed by atoms with E-state index in [1.165, 1.54) is 24.3 Å². The first kappa shape index (κ1) is 13.5. The van der Waals surface area contributed by atoms with Crippen LogP contribution in [0.2, 0.25) is 0 Å². The Balaban J connectivity index is 2.13. The van der Waals surface area contributed by atoms with E-state index in [1.54, 1.807) is 0 Å². The Kier molecular flexibility index (Phi) is 3.06. The normalized spacial score (nSPS) is 12.2. The van der Waals surface area contributed by atoms with Gasteiger partial charge in [0.1, 0.15) is 11.3 Å². The summed E-state index contributed by atoms with van der Waals surface area (Å²) < 4.78 is 29.9. The Labute approximate surface area is 119 Å². The quantitative estimate of drug-likeness (QED) is 0.610. The summed E-state index contributed by atoms with van der Waals surface area (Å²) in [5.74, 6) is -0.0206. The second kappa shape index (κ2) is 4.53. The lowest BCUT2D eigenvalue weighted by Crippen LogP contribution is -1.98. The van der Waals surface area contributed by atoms with Crippen molar-refractivity contribution in [2.24, 2.45) is 0 Å². The lowest BCUT2D eigenvalue weighted by molar-refractivity contribution is 0.377. The zero-order valence-corrected chi connectivity index (χ0v) is 12.2. The first-order valence-corrected chi connectivity index (χ1v) is 7.76. The van der Waals surface area contributed by atoms with Gasteiger partial charge in [0, 0.05) is 4.47 Å². The average molecular weight is 361 g/mol. The number of nitrogens with one attached hydrogen (secondary N) is 1. The number of aromatic amines is 1. The summed E-state index contributed by atoms with van der Waals surface area (Å²) in [6.07, 6.45) is 0. The minimum atomic E-state index is -4.45. The number of hydrogen-bond donors (Lipinski definition) is 3. The number of furan rings is 1. The second-order valence-electron chi connectivity index (χ2n) is 4.05. The van der Waals surface area contributed by atoms with Gasteiger partial charge < -0.3 is 19.2 Å². The highest BCUT2D eigenvalue weighted by atomic mass is 79.9. The molecule has 3 aromatic rings. The largest absolute Gasteiger partial charge is 0.445 e. The van der Waals surface area contributed by atoms with Crippen molar-refractivity contribution in [2.45, 2.75) is 0 Å². The zero-order valence-electron chi connectivity index (χ0n) is 9.67. The predicted octanol–water partition coefficient (Wildman–Crippen LogP) is 2.53. The number of benzene rings is 1. The third-order valence-electron chi connectivity index (χ3n) is 2.62. The Morgan fingerprint density at radius 3 is 2.75 bits per heavy atom. The summed E-state index contributed by atoms with van der Waals surface area (Å²) in [5.41, 5.74) is 0.495. The number of imidazole rings is 1. The van der Waals surface area contributed by atoms with Crippen LogP contribution < -0.4 is 5.50 Å². The van der Waals surface area contributed by atoms with Crippen molar-refractivity contribution in [3.05, 3.63) is 34.6 Å². The molecule has 2 aromatic heterocycles. The van der Waals surface area contributed by atoms with Gasteiger partial charge in [0.2, 0.25) is 5.50 Å². The molecular weight excluding hydrogens is 354 g/mol. The highest BCUT2D eigenvalue weighted by Gasteiger charge is 2.23. The van der Waals surface area contributed by atoms with Crippen molar-refractivity contribution in [2.75, 3.05) is 0 Å². The van der Waals surface area contributed by atoms with Crippen molar-refractivity contribution in [1.29, 1.82) is 0 Å². The molecule has 0 bridgehead atoms. The maximum absolute atomic E-state index is 13.3. The molecule has 0 fully saturated rings. The van der Waals surface area contributed by atoms with Crippen LogP contribution in [0.15, 0.2) is 33.2 Å². The Morgan fingerprint density at radius 2 is 2.10 bits per heavy atom. The van der Waals surface area contributed by atoms with Gasteiger partial charge in [0.25, 0.3) is 0 Å². The number of nitrogens with zero attached hydrogens (tertiary/aromatic N) is 1. The average Bonchev–Trinajstić information content (AvgIpc) is 2.91. The van der Waals surface area contributed by atoms with E-state index >= 15 is 0 Å². The first-order chi connectivity index (χ1) is 9.34. The number of fused-ring (bicyclic) bond motifs is 1. The third-order valence-corrected chi connectivity index (χ3v) is 4.04. The monoisotopic (exact) mass is 360 g/mol. The summed E-state index contributed by atoms with van der Waals surface area (Å²) in [6.45, 7) is 0. The molecule has 6 nitrogen and oxygen atoms in total. The van der Waals surface area contributed by atoms with Crippen LogP contribution in [-0.4, -0.2) is 19.8 Å². The molecule has 20 heavy (non-hydrogen) atoms. The number of H-pyrrole nitrogens is 1. The highest BCUT2D eigenvalue weighted by molar-refractivity contribution is 9.10. The van der Waals surface area contributed by atoms with Gasteiger partial charge in [-0.2, -0.15) is 0 Å². The summed E-state index contributed by atoms with van der Waals surface area (Å²) >= 11 is 3.19. The summed E-state index contributed by atoms with van der Waals surface area (Å²) in [5, 5.41) is 0. The van der Waals surface area contributed by atoms with Crippen LogP contribution in [0.4, 0.5) is 4.39 Å². The van der Waals surface area contributed by atoms with Crippen molar-refractivity contribution in [1.82, 2.24) is 9.97 Å². The molecular formula is C11H7BrFN2O4P. The van der Waals surface area contributed by atoms with Gasteiger partial charge in [-0.05, 0) is 40.2 Å². The van der Waals surface area contributed by atoms with E-state index in [0.717, 1.165) is 0 Å². The zero-order chi connectivity index (χ0) is 14.5. The lowest BCUT2D eigenvalue weighted by Gasteiger charge is -1.97. The standard InChI is InChI=1S/C11H7BrFN2O4P/c12-6-3-5(13)4-7-10(6)15-11(14-7)8-1-2-9(19-8)20(16,17)18/h1-4H,(H,14,15)(H2,16,17,18). The van der Waals surface area contributed by atoms with Gasteiger partial charge >= 0.3 is 7.60 Å². The van der Waals surface area contributed by atoms with Gasteiger partial charge in [-0.1, -0.05) is 0 Å². The Bertz CT molecular complexity index is 853. The van der Waals surface area contributed by atoms with Crippen LogP contribution in [-0.2, 0) is 4.57 Å². The molecule has 104 valence electrons. The van der Waals surface area contributed by atoms with Crippen molar-refractivity contribution >= 4 is 40.1 Å². The lowest BCUT2D eigenvalue weighted by atomic mass is 10.3. The Hall–Kier alpha value is -1.47. The second-order valence-corrected chi connectivity index (χ2v) is 6.43. The predicted molar refractivity (Wildman–Crippen MR) is 73.1 cm³/mol. The molecule has 0 radical (unpaired) electrons. The minimum absolute atomic E-state index is 0.159. The van der Waals surface area contributed by atoms with Crippen molar-refractivity contribution < 1.29 is 23.2 Å². The number of aromatic nitrogens is 2. The first-order valence-electron chi connectivity index (χ1n) is 5.35. The smallest absolute Gasteiger partial charge is 0.391 e. The molecule has 0 aliphatic rings. The highest BCUT2D eigenvalue weighted by Crippen LogP contribution is 2.35. The number of rotatable bonds is 2. The van der Waals surface area contributed by atoms with Gasteiger partial charge in [0.05, 0.1) is 5.52 Å². The molecule has 9 heteroatoms. The van der Waals surface area contributed by atoms with Gasteiger partial charge in [-0.25, -0.2) is 9.37 Å². The maximum Gasteiger partial charge on any atom is 0.391 e. The van der Waals surface area contributed by atoms with Crippen LogP contribution in [0, 0.1) is 5.82 Å². The molecule has 1 aromatic carbocycles. The van der Waals surface area contributed by atoms with Crippen LogP contribution in [0.1, 0.15) is 0 Å². The number of halogens is 2. The van der Waals surface area contributed by atoms with E-state index in [0.29, 0.717) is 15.5 Å². The molecule has 0 unspecified atom stereocenters. The molecule has 0 saturated heterocycles. The van der Waals surface area contributed by atoms with E-state index in [2.05, 4.69) is 25.9 Å². The minimum Gasteiger partial charge on any atom is -0.445 e. The molecule has 0 amide bonds. The fourth-order valence-electron chi connectivity index (χ4n) is 1.77. The maximum atomic E-state index is 13.3. The van der Waals surface area contributed by atoms with Crippen molar-refractivity contribution in [3.8, 4) is 11.6 Å². The van der Waals surface area contributed by atoms with Crippen LogP contribution in [0.25, 0.3) is 22.6 Å². The van der Waals surface area contributed by atoms with Crippen LogP contribution >= 0.6 is 23.5 Å². The van der Waals surface area contributed by atoms with Gasteiger partial charge in [-0.15, -0.1) is 0 Å². The SMILES string of the molecule is O=P(O)(O)c1ccc(-c2nc3c(Br)cc(F)cc3[nH]2)o1. The van der Waals surface area contributed by atoms with Crippen molar-refractivity contribution in [3.63, 3.8) is 0 Å². The van der Waals surface area contributed by atoms with Gasteiger partial charge in [-0.3, -0.25) is 4.57 Å². The molecule has 0 spiro atoms. The third kappa shape index (κ3) is 2.31. The van der Waals surface area contributed by atoms with E-state index in [1.807, 2.05) is 0 Å². The fourth-order valence-corrected chi connectivity index (χ4v) is 2.78. The Morgan fingerprint density at radius 1 is 1.35 bits per heavy atom. The molecule has 0 atom stereocenters. The molecule has 3 rings (SSSR count). The summed E-state index contributed by atoms with van der Waals surface area (Å²) in [7, 11) is -4.45. The summed E-state index contributed by atoms with van der Waals surface area (Å²) in [6, 6.07) is 5.11. The number of hydrogen-bond acceptors (Lipinski definition) is 3. The molecule has 0 saturated carbocycles. The topological polar surface area (TPSA) is 99.4 Å². The van der Waals surface area contributed by atoms with E-state index in [9.17, 15) is 8.96 Å². The molecule has 0 aliphatic heterocycles. The molecule has 0 aliphatic carbocycles. The van der Waals surface area contributed by atoms with E-state index in [-0.39, 0.29) is 11.6 Å². The van der Waals surface area contributed by atoms with Crippen LogP contribution in [0.5, 0.6) is 0 Å².